The van der Waals surface area contributed by atoms with Crippen LogP contribution in [0.4, 0.5) is 0 Å². The van der Waals surface area contributed by atoms with Crippen molar-refractivity contribution in [2.24, 2.45) is 0 Å². The van der Waals surface area contributed by atoms with Gasteiger partial charge in [-0.2, -0.15) is 5.26 Å². The first-order valence-corrected chi connectivity index (χ1v) is 5.22. The van der Waals surface area contributed by atoms with Crippen LogP contribution in [0.5, 0.6) is 5.75 Å². The number of rotatable bonds is 2. The summed E-state index contributed by atoms with van der Waals surface area (Å²) in [6.07, 6.45) is 0. The van der Waals surface area contributed by atoms with Gasteiger partial charge in [0.15, 0.2) is 0 Å². The summed E-state index contributed by atoms with van der Waals surface area (Å²) in [6.45, 7) is 1.91. The van der Waals surface area contributed by atoms with Crippen molar-refractivity contribution in [2.45, 2.75) is 12.8 Å². The number of fused-ring (bicyclic) bond motifs is 1. The monoisotopic (exact) mass is 212 g/mol. The lowest BCUT2D eigenvalue weighted by Gasteiger charge is -2.06. The predicted molar refractivity (Wildman–Crippen MR) is 64.5 cm³/mol. The second-order valence-electron chi connectivity index (χ2n) is 3.82. The van der Waals surface area contributed by atoms with Crippen molar-refractivity contribution in [1.82, 2.24) is 0 Å². The molecule has 0 radical (unpaired) electrons. The highest BCUT2D eigenvalue weighted by molar-refractivity contribution is 5.84. The van der Waals surface area contributed by atoms with Gasteiger partial charge in [0.2, 0.25) is 0 Å². The molecule has 0 saturated carbocycles. The van der Waals surface area contributed by atoms with Gasteiger partial charge in [-0.05, 0) is 41.5 Å². The second-order valence-corrected chi connectivity index (χ2v) is 3.82. The van der Waals surface area contributed by atoms with E-state index in [2.05, 4.69) is 12.1 Å². The van der Waals surface area contributed by atoms with Gasteiger partial charge in [0.05, 0.1) is 19.1 Å². The van der Waals surface area contributed by atoms with Crippen molar-refractivity contribution in [3.05, 3.63) is 42.0 Å². The van der Waals surface area contributed by atoms with Crippen LogP contribution in [-0.2, 0) is 0 Å². The minimum atomic E-state index is -0.0634. The largest absolute Gasteiger partial charge is 0.497 e. The van der Waals surface area contributed by atoms with E-state index in [4.69, 9.17) is 10.00 Å². The minimum Gasteiger partial charge on any atom is -0.497 e. The summed E-state index contributed by atoms with van der Waals surface area (Å²) in [7, 11) is 1.66. The summed E-state index contributed by atoms with van der Waals surface area (Å²) < 4.78 is 5.17. The van der Waals surface area contributed by atoms with E-state index in [1.165, 1.54) is 0 Å². The molecule has 0 saturated heterocycles. The molecular formula is C14H13NO. The van der Waals surface area contributed by atoms with Gasteiger partial charge in [-0.25, -0.2) is 0 Å². The van der Waals surface area contributed by atoms with E-state index in [0.717, 1.165) is 22.1 Å². The van der Waals surface area contributed by atoms with E-state index in [1.807, 2.05) is 37.3 Å². The number of nitrogens with zero attached hydrogens (tertiary/aromatic N) is 1. The molecule has 2 nitrogen and oxygen atoms in total. The van der Waals surface area contributed by atoms with E-state index >= 15 is 0 Å². The van der Waals surface area contributed by atoms with Crippen LogP contribution in [0.2, 0.25) is 0 Å². The smallest absolute Gasteiger partial charge is 0.119 e. The highest BCUT2D eigenvalue weighted by Gasteiger charge is 2.04. The van der Waals surface area contributed by atoms with E-state index < -0.39 is 0 Å². The quantitative estimate of drug-likeness (QED) is 0.714. The molecule has 0 N–H and O–H groups in total. The Morgan fingerprint density at radius 3 is 2.50 bits per heavy atom. The number of benzene rings is 2. The lowest BCUT2D eigenvalue weighted by molar-refractivity contribution is 0.415. The lowest BCUT2D eigenvalue weighted by atomic mass is 10.0. The standard InChI is InChI=1S/C14H13NO/c1-10(9-15)11-3-4-13-8-14(16-2)6-5-12(13)7-11/h3-8,10H,1-2H3/i9+1. The Kier molecular flexibility index (Phi) is 2.78. The number of nitriles is 1. The summed E-state index contributed by atoms with van der Waals surface area (Å²) in [6, 6.07) is 14.3. The van der Waals surface area contributed by atoms with Crippen LogP contribution in [0.15, 0.2) is 36.4 Å². The Morgan fingerprint density at radius 2 is 1.81 bits per heavy atom. The van der Waals surface area contributed by atoms with Crippen molar-refractivity contribution in [1.29, 1.82) is 5.26 Å². The number of hydrogen-bond acceptors (Lipinski definition) is 2. The average Bonchev–Trinajstić information content (AvgIpc) is 2.36. The molecule has 0 aliphatic carbocycles. The van der Waals surface area contributed by atoms with E-state index in [9.17, 15) is 0 Å². The molecule has 1 unspecified atom stereocenters. The first kappa shape index (κ1) is 10.5. The molecule has 2 aromatic rings. The summed E-state index contributed by atoms with van der Waals surface area (Å²) >= 11 is 0. The van der Waals surface area contributed by atoms with Crippen molar-refractivity contribution in [2.75, 3.05) is 7.11 Å². The highest BCUT2D eigenvalue weighted by atomic mass is 16.5. The maximum absolute atomic E-state index is 8.87. The van der Waals surface area contributed by atoms with Crippen LogP contribution < -0.4 is 4.74 Å². The third-order valence-electron chi connectivity index (χ3n) is 2.77. The molecule has 0 bridgehead atoms. The molecule has 0 spiro atoms. The Hall–Kier alpha value is -2.01. The van der Waals surface area contributed by atoms with Crippen LogP contribution in [0.1, 0.15) is 18.4 Å². The molecule has 80 valence electrons. The molecule has 0 amide bonds. The van der Waals surface area contributed by atoms with Crippen LogP contribution in [-0.4, -0.2) is 7.11 Å². The molecule has 0 aromatic heterocycles. The van der Waals surface area contributed by atoms with E-state index in [-0.39, 0.29) is 5.92 Å². The second kappa shape index (κ2) is 4.24. The van der Waals surface area contributed by atoms with Gasteiger partial charge < -0.3 is 4.74 Å². The average molecular weight is 212 g/mol. The zero-order valence-electron chi connectivity index (χ0n) is 9.40. The fourth-order valence-electron chi connectivity index (χ4n) is 1.71. The fourth-order valence-corrected chi connectivity index (χ4v) is 1.71. The maximum Gasteiger partial charge on any atom is 0.119 e. The Balaban J connectivity index is 2.52. The fraction of sp³-hybridized carbons (Fsp3) is 0.214. The predicted octanol–water partition coefficient (Wildman–Crippen LogP) is 3.48. The normalized spacial score (nSPS) is 12.1. The third-order valence-corrected chi connectivity index (χ3v) is 2.77. The molecule has 16 heavy (non-hydrogen) atoms. The molecule has 2 heteroatoms. The van der Waals surface area contributed by atoms with Gasteiger partial charge in [0, 0.05) is 0 Å². The van der Waals surface area contributed by atoms with Crippen molar-refractivity contribution < 1.29 is 4.74 Å². The van der Waals surface area contributed by atoms with Gasteiger partial charge in [0.1, 0.15) is 5.75 Å². The maximum atomic E-state index is 8.87. The van der Waals surface area contributed by atoms with Gasteiger partial charge >= 0.3 is 0 Å². The Morgan fingerprint density at radius 1 is 1.12 bits per heavy atom. The Bertz CT molecular complexity index is 554. The highest BCUT2D eigenvalue weighted by Crippen LogP contribution is 2.24. The van der Waals surface area contributed by atoms with Crippen LogP contribution in [0.3, 0.4) is 0 Å². The van der Waals surface area contributed by atoms with Crippen molar-refractivity contribution in [3.63, 3.8) is 0 Å². The van der Waals surface area contributed by atoms with Crippen LogP contribution in [0.25, 0.3) is 10.8 Å². The van der Waals surface area contributed by atoms with Gasteiger partial charge in [0.25, 0.3) is 0 Å². The molecule has 0 heterocycles. The molecule has 2 aromatic carbocycles. The van der Waals surface area contributed by atoms with Crippen LogP contribution in [0, 0.1) is 11.3 Å². The lowest BCUT2D eigenvalue weighted by Crippen LogP contribution is -1.89. The minimum absolute atomic E-state index is 0.0634. The topological polar surface area (TPSA) is 33.0 Å². The number of hydrogen-bond donors (Lipinski definition) is 0. The molecule has 0 aliphatic heterocycles. The SMILES string of the molecule is COc1ccc2cc(C(C)[13C]#N)ccc2c1. The summed E-state index contributed by atoms with van der Waals surface area (Å²) in [4.78, 5) is 0. The summed E-state index contributed by atoms with van der Waals surface area (Å²) in [5, 5.41) is 11.1. The zero-order chi connectivity index (χ0) is 11.5. The Labute approximate surface area is 95.1 Å². The third kappa shape index (κ3) is 1.85. The van der Waals surface area contributed by atoms with Crippen molar-refractivity contribution >= 4 is 10.8 Å². The number of methoxy groups -OCH3 is 1. The zero-order valence-corrected chi connectivity index (χ0v) is 9.40. The summed E-state index contributed by atoms with van der Waals surface area (Å²) in [5.41, 5.74) is 1.06. The molecule has 0 fully saturated rings. The van der Waals surface area contributed by atoms with Gasteiger partial charge in [-0.1, -0.05) is 18.2 Å². The van der Waals surface area contributed by atoms with Crippen LogP contribution >= 0.6 is 0 Å². The van der Waals surface area contributed by atoms with E-state index in [0.29, 0.717) is 0 Å². The first-order chi connectivity index (χ1) is 7.74. The van der Waals surface area contributed by atoms with Crippen molar-refractivity contribution in [3.8, 4) is 11.8 Å². The first-order valence-electron chi connectivity index (χ1n) is 5.22. The molecular weight excluding hydrogens is 199 g/mol. The molecule has 1 atom stereocenters. The molecule has 0 aliphatic rings. The number of ether oxygens (including phenoxy) is 1. The van der Waals surface area contributed by atoms with E-state index in [1.54, 1.807) is 7.11 Å². The molecule has 2 rings (SSSR count). The summed E-state index contributed by atoms with van der Waals surface area (Å²) in [5.74, 6) is 0.792. The van der Waals surface area contributed by atoms with Gasteiger partial charge in [-0.3, -0.25) is 0 Å². The van der Waals surface area contributed by atoms with Gasteiger partial charge in [-0.15, -0.1) is 0 Å².